The molecule has 1 amide bonds. The number of phenolic OH excluding ortho intramolecular Hbond substituents is 1. The van der Waals surface area contributed by atoms with Crippen molar-refractivity contribution in [2.45, 2.75) is 0 Å². The first-order valence-corrected chi connectivity index (χ1v) is 3.88. The lowest BCUT2D eigenvalue weighted by atomic mass is 10.2. The van der Waals surface area contributed by atoms with Crippen molar-refractivity contribution in [3.8, 4) is 17.6 Å². The van der Waals surface area contributed by atoms with Crippen LogP contribution in [-0.4, -0.2) is 11.0 Å². The molecule has 3 nitrogen and oxygen atoms in total. The second-order valence-corrected chi connectivity index (χ2v) is 2.81. The van der Waals surface area contributed by atoms with E-state index in [1.54, 1.807) is 0 Å². The summed E-state index contributed by atoms with van der Waals surface area (Å²) >= 11 is 5.46. The molecule has 0 saturated carbocycles. The van der Waals surface area contributed by atoms with Crippen LogP contribution < -0.4 is 5.73 Å². The molecule has 1 aromatic carbocycles. The van der Waals surface area contributed by atoms with Gasteiger partial charge in [0, 0.05) is 5.92 Å². The molecular weight excluding hydrogens is 209 g/mol. The third kappa shape index (κ3) is 2.38. The van der Waals surface area contributed by atoms with Gasteiger partial charge in [0.15, 0.2) is 0 Å². The normalized spacial score (nSPS) is 9.00. The van der Waals surface area contributed by atoms with Crippen molar-refractivity contribution < 1.29 is 14.3 Å². The van der Waals surface area contributed by atoms with E-state index in [2.05, 4.69) is 5.92 Å². The van der Waals surface area contributed by atoms with Crippen LogP contribution in [0.5, 0.6) is 5.75 Å². The number of phenols is 1. The molecule has 1 rings (SSSR count). The van der Waals surface area contributed by atoms with Crippen molar-refractivity contribution in [2.24, 2.45) is 5.73 Å². The Morgan fingerprint density at radius 3 is 2.79 bits per heavy atom. The summed E-state index contributed by atoms with van der Waals surface area (Å²) in [6, 6.07) is 1.89. The summed E-state index contributed by atoms with van der Waals surface area (Å²) in [7, 11) is 0. The number of primary amides is 1. The summed E-state index contributed by atoms with van der Waals surface area (Å²) in [5.74, 6) is 2.26. The fourth-order valence-electron chi connectivity index (χ4n) is 0.790. The van der Waals surface area contributed by atoms with Crippen molar-refractivity contribution in [3.05, 3.63) is 28.5 Å². The Kier molecular flexibility index (Phi) is 2.95. The van der Waals surface area contributed by atoms with E-state index in [0.717, 1.165) is 12.1 Å². The largest absolute Gasteiger partial charge is 0.505 e. The van der Waals surface area contributed by atoms with Gasteiger partial charge in [-0.2, -0.15) is 0 Å². The lowest BCUT2D eigenvalue weighted by Gasteiger charge is -1.99. The Hall–Kier alpha value is -1.73. The summed E-state index contributed by atoms with van der Waals surface area (Å²) in [6.07, 6.45) is 0. The lowest BCUT2D eigenvalue weighted by Crippen LogP contribution is -2.06. The molecule has 0 atom stereocenters. The van der Waals surface area contributed by atoms with Gasteiger partial charge in [-0.05, 0) is 12.1 Å². The average molecular weight is 214 g/mol. The minimum absolute atomic E-state index is 0.0752. The number of halogens is 2. The highest BCUT2D eigenvalue weighted by Crippen LogP contribution is 2.27. The molecule has 14 heavy (non-hydrogen) atoms. The van der Waals surface area contributed by atoms with Crippen LogP contribution in [0.2, 0.25) is 5.02 Å². The number of hydrogen-bond donors (Lipinski definition) is 2. The highest BCUT2D eigenvalue weighted by Gasteiger charge is 2.06. The maximum Gasteiger partial charge on any atom is 0.293 e. The summed E-state index contributed by atoms with van der Waals surface area (Å²) < 4.78 is 12.8. The van der Waals surface area contributed by atoms with Crippen molar-refractivity contribution >= 4 is 17.5 Å². The van der Waals surface area contributed by atoms with Gasteiger partial charge in [0.25, 0.3) is 5.91 Å². The number of carbonyl (C=O) groups excluding carboxylic acids is 1. The van der Waals surface area contributed by atoms with Crippen LogP contribution in [0.3, 0.4) is 0 Å². The highest BCUT2D eigenvalue weighted by molar-refractivity contribution is 6.32. The van der Waals surface area contributed by atoms with Gasteiger partial charge < -0.3 is 10.8 Å². The number of carbonyl (C=O) groups is 1. The predicted molar refractivity (Wildman–Crippen MR) is 49.1 cm³/mol. The lowest BCUT2D eigenvalue weighted by molar-refractivity contribution is -0.112. The molecule has 0 radical (unpaired) electrons. The third-order valence-corrected chi connectivity index (χ3v) is 1.64. The van der Waals surface area contributed by atoms with Crippen molar-refractivity contribution in [2.75, 3.05) is 0 Å². The Bertz CT molecular complexity index is 448. The van der Waals surface area contributed by atoms with Gasteiger partial charge in [0.1, 0.15) is 11.6 Å². The number of amides is 1. The third-order valence-electron chi connectivity index (χ3n) is 1.35. The fraction of sp³-hybridized carbons (Fsp3) is 0. The van der Waals surface area contributed by atoms with E-state index in [1.807, 2.05) is 5.92 Å². The zero-order valence-corrected chi connectivity index (χ0v) is 7.60. The topological polar surface area (TPSA) is 63.3 Å². The predicted octanol–water partition coefficient (Wildman–Crippen LogP) is 1.02. The van der Waals surface area contributed by atoms with E-state index >= 15 is 0 Å². The van der Waals surface area contributed by atoms with Crippen LogP contribution in [0.15, 0.2) is 12.1 Å². The van der Waals surface area contributed by atoms with E-state index < -0.39 is 11.7 Å². The first kappa shape index (κ1) is 10.4. The maximum atomic E-state index is 12.8. The van der Waals surface area contributed by atoms with Gasteiger partial charge in [-0.25, -0.2) is 4.39 Å². The fourth-order valence-corrected chi connectivity index (χ4v) is 0.996. The molecule has 0 spiro atoms. The number of hydrogen-bond acceptors (Lipinski definition) is 2. The Balaban J connectivity index is 3.23. The molecule has 0 heterocycles. The van der Waals surface area contributed by atoms with Crippen LogP contribution in [0.4, 0.5) is 4.39 Å². The second kappa shape index (κ2) is 3.99. The summed E-state index contributed by atoms with van der Waals surface area (Å²) in [5, 5.41) is 9.11. The van der Waals surface area contributed by atoms with Gasteiger partial charge in [-0.15, -0.1) is 0 Å². The van der Waals surface area contributed by atoms with Crippen LogP contribution in [0, 0.1) is 17.7 Å². The summed E-state index contributed by atoms with van der Waals surface area (Å²) in [6.45, 7) is 0. The van der Waals surface area contributed by atoms with Crippen molar-refractivity contribution in [1.82, 2.24) is 0 Å². The molecule has 5 heteroatoms. The molecule has 0 aliphatic carbocycles. The molecule has 0 saturated heterocycles. The monoisotopic (exact) mass is 213 g/mol. The number of rotatable bonds is 0. The van der Waals surface area contributed by atoms with Gasteiger partial charge >= 0.3 is 0 Å². The minimum Gasteiger partial charge on any atom is -0.505 e. The summed E-state index contributed by atoms with van der Waals surface area (Å²) in [5.41, 5.74) is 4.67. The van der Waals surface area contributed by atoms with Gasteiger partial charge in [-0.1, -0.05) is 17.5 Å². The smallest absolute Gasteiger partial charge is 0.293 e. The van der Waals surface area contributed by atoms with Crippen LogP contribution in [-0.2, 0) is 4.79 Å². The molecule has 72 valence electrons. The molecule has 0 aliphatic heterocycles. The van der Waals surface area contributed by atoms with E-state index in [1.165, 1.54) is 0 Å². The van der Waals surface area contributed by atoms with Gasteiger partial charge in [0.2, 0.25) is 0 Å². The Labute approximate surface area is 84.3 Å². The average Bonchev–Trinajstić information content (AvgIpc) is 2.08. The zero-order valence-electron chi connectivity index (χ0n) is 6.84. The van der Waals surface area contributed by atoms with Crippen molar-refractivity contribution in [1.29, 1.82) is 0 Å². The van der Waals surface area contributed by atoms with Crippen LogP contribution in [0.25, 0.3) is 0 Å². The number of benzene rings is 1. The van der Waals surface area contributed by atoms with E-state index in [-0.39, 0.29) is 16.3 Å². The molecule has 0 fully saturated rings. The molecular formula is C9H5ClFNO2. The highest BCUT2D eigenvalue weighted by atomic mass is 35.5. The molecule has 0 aromatic heterocycles. The number of nitrogens with two attached hydrogens (primary N) is 1. The molecule has 0 bridgehead atoms. The van der Waals surface area contributed by atoms with E-state index in [0.29, 0.717) is 0 Å². The van der Waals surface area contributed by atoms with Crippen LogP contribution in [0.1, 0.15) is 5.56 Å². The molecule has 0 unspecified atom stereocenters. The standard InChI is InChI=1S/C9H5ClFNO2/c10-7-4-6(11)3-5(9(7)14)1-2-8(12)13/h3-4,14H,(H2,12,13). The Morgan fingerprint density at radius 2 is 2.21 bits per heavy atom. The quantitative estimate of drug-likeness (QED) is 0.632. The zero-order chi connectivity index (χ0) is 10.7. The summed E-state index contributed by atoms with van der Waals surface area (Å²) in [4.78, 5) is 10.3. The molecule has 1 aromatic rings. The van der Waals surface area contributed by atoms with E-state index in [4.69, 9.17) is 17.3 Å². The number of aromatic hydroxyl groups is 1. The van der Waals surface area contributed by atoms with Gasteiger partial charge in [-0.3, -0.25) is 4.79 Å². The minimum atomic E-state index is -0.871. The molecule has 0 aliphatic rings. The van der Waals surface area contributed by atoms with E-state index in [9.17, 15) is 14.3 Å². The first-order chi connectivity index (χ1) is 6.50. The Morgan fingerprint density at radius 1 is 1.57 bits per heavy atom. The van der Waals surface area contributed by atoms with Crippen LogP contribution >= 0.6 is 11.6 Å². The maximum absolute atomic E-state index is 12.8. The van der Waals surface area contributed by atoms with Gasteiger partial charge in [0.05, 0.1) is 10.6 Å². The SMILES string of the molecule is NC(=O)C#Cc1cc(F)cc(Cl)c1O. The van der Waals surface area contributed by atoms with Crippen molar-refractivity contribution in [3.63, 3.8) is 0 Å². The molecule has 3 N–H and O–H groups in total. The first-order valence-electron chi connectivity index (χ1n) is 3.50. The second-order valence-electron chi connectivity index (χ2n) is 2.40.